The van der Waals surface area contributed by atoms with Gasteiger partial charge in [-0.15, -0.1) is 10.2 Å². The van der Waals surface area contributed by atoms with E-state index in [1.807, 2.05) is 32.0 Å². The Balaban J connectivity index is 1.52. The molecule has 7 nitrogen and oxygen atoms in total. The quantitative estimate of drug-likeness (QED) is 0.493. The van der Waals surface area contributed by atoms with Crippen molar-refractivity contribution in [1.29, 1.82) is 0 Å². The fraction of sp³-hybridized carbons (Fsp3) is 0.176. The first-order valence-electron chi connectivity index (χ1n) is 7.69. The molecule has 0 saturated carbocycles. The maximum absolute atomic E-state index is 12.1. The molecule has 0 bridgehead atoms. The molecule has 0 spiro atoms. The molecule has 0 saturated heterocycles. The zero-order chi connectivity index (χ0) is 18.5. The molecule has 2 aromatic heterocycles. The largest absolute Gasteiger partial charge is 0.459 e. The normalized spacial score (nSPS) is 10.5. The summed E-state index contributed by atoms with van der Waals surface area (Å²) >= 11 is 2.46. The Hall–Kier alpha value is -2.65. The van der Waals surface area contributed by atoms with Crippen LogP contribution >= 0.6 is 23.1 Å². The number of nitrogens with zero attached hydrogens (tertiary/aromatic N) is 2. The minimum absolute atomic E-state index is 0.125. The van der Waals surface area contributed by atoms with Crippen molar-refractivity contribution in [2.24, 2.45) is 0 Å². The molecule has 3 rings (SSSR count). The number of amides is 2. The topological polar surface area (TPSA) is 97.1 Å². The molecule has 2 amide bonds. The number of hydrogen-bond donors (Lipinski definition) is 2. The van der Waals surface area contributed by atoms with Gasteiger partial charge in [0.05, 0.1) is 12.0 Å². The monoisotopic (exact) mass is 388 g/mol. The van der Waals surface area contributed by atoms with Crippen molar-refractivity contribution < 1.29 is 14.0 Å². The molecule has 0 aliphatic carbocycles. The molecule has 0 unspecified atom stereocenters. The maximum Gasteiger partial charge on any atom is 0.293 e. The molecule has 0 aliphatic heterocycles. The van der Waals surface area contributed by atoms with Gasteiger partial charge in [0.15, 0.2) is 10.1 Å². The number of hydrogen-bond acceptors (Lipinski definition) is 7. The van der Waals surface area contributed by atoms with Gasteiger partial charge in [0, 0.05) is 5.69 Å². The molecule has 1 aromatic carbocycles. The SMILES string of the molecule is Cc1ccc(C)c(NC(=O)CSc2nnc(NC(=O)c3ccco3)s2)c1. The molecule has 0 fully saturated rings. The van der Waals surface area contributed by atoms with Gasteiger partial charge in [-0.25, -0.2) is 0 Å². The molecular formula is C17H16N4O3S2. The fourth-order valence-corrected chi connectivity index (χ4v) is 3.62. The number of anilines is 2. The van der Waals surface area contributed by atoms with Crippen LogP contribution in [0.5, 0.6) is 0 Å². The van der Waals surface area contributed by atoms with Gasteiger partial charge in [0.25, 0.3) is 5.91 Å². The molecule has 3 aromatic rings. The summed E-state index contributed by atoms with van der Waals surface area (Å²) in [7, 11) is 0. The molecule has 0 aliphatic rings. The van der Waals surface area contributed by atoms with Crippen LogP contribution in [0.2, 0.25) is 0 Å². The molecular weight excluding hydrogens is 372 g/mol. The van der Waals surface area contributed by atoms with Crippen LogP contribution in [0.15, 0.2) is 45.4 Å². The van der Waals surface area contributed by atoms with Crippen molar-refractivity contribution in [2.75, 3.05) is 16.4 Å². The number of aryl methyl sites for hydroxylation is 2. The number of aromatic nitrogens is 2. The van der Waals surface area contributed by atoms with E-state index in [4.69, 9.17) is 4.42 Å². The Morgan fingerprint density at radius 1 is 1.19 bits per heavy atom. The highest BCUT2D eigenvalue weighted by Crippen LogP contribution is 2.26. The van der Waals surface area contributed by atoms with Gasteiger partial charge >= 0.3 is 0 Å². The lowest BCUT2D eigenvalue weighted by molar-refractivity contribution is -0.113. The third-order valence-electron chi connectivity index (χ3n) is 3.37. The van der Waals surface area contributed by atoms with E-state index in [0.717, 1.165) is 16.8 Å². The Labute approximate surface area is 158 Å². The zero-order valence-electron chi connectivity index (χ0n) is 14.1. The van der Waals surface area contributed by atoms with Crippen LogP contribution in [0, 0.1) is 13.8 Å². The summed E-state index contributed by atoms with van der Waals surface area (Å²) < 4.78 is 5.61. The third kappa shape index (κ3) is 4.70. The van der Waals surface area contributed by atoms with Gasteiger partial charge in [-0.1, -0.05) is 35.2 Å². The van der Waals surface area contributed by atoms with E-state index >= 15 is 0 Å². The number of furan rings is 1. The van der Waals surface area contributed by atoms with Crippen molar-refractivity contribution in [1.82, 2.24) is 10.2 Å². The van der Waals surface area contributed by atoms with E-state index in [1.54, 1.807) is 12.1 Å². The molecule has 0 radical (unpaired) electrons. The lowest BCUT2D eigenvalue weighted by Gasteiger charge is -2.08. The van der Waals surface area contributed by atoms with Crippen LogP contribution in [0.1, 0.15) is 21.7 Å². The Morgan fingerprint density at radius 2 is 2.04 bits per heavy atom. The van der Waals surface area contributed by atoms with Crippen molar-refractivity contribution in [3.63, 3.8) is 0 Å². The maximum atomic E-state index is 12.1. The summed E-state index contributed by atoms with van der Waals surface area (Å²) in [4.78, 5) is 24.0. The Bertz CT molecular complexity index is 922. The van der Waals surface area contributed by atoms with Gasteiger partial charge in [0.1, 0.15) is 0 Å². The van der Waals surface area contributed by atoms with Crippen molar-refractivity contribution >= 4 is 45.7 Å². The predicted molar refractivity (Wildman–Crippen MR) is 102 cm³/mol. The number of benzene rings is 1. The van der Waals surface area contributed by atoms with Crippen molar-refractivity contribution in [3.05, 3.63) is 53.5 Å². The van der Waals surface area contributed by atoms with Gasteiger partial charge in [0.2, 0.25) is 11.0 Å². The van der Waals surface area contributed by atoms with Crippen LogP contribution in [-0.2, 0) is 4.79 Å². The molecule has 2 N–H and O–H groups in total. The minimum atomic E-state index is -0.393. The van der Waals surface area contributed by atoms with Crippen LogP contribution < -0.4 is 10.6 Å². The molecule has 2 heterocycles. The number of nitrogens with one attached hydrogen (secondary N) is 2. The minimum Gasteiger partial charge on any atom is -0.459 e. The highest BCUT2D eigenvalue weighted by Gasteiger charge is 2.13. The number of rotatable bonds is 6. The lowest BCUT2D eigenvalue weighted by Crippen LogP contribution is -2.14. The van der Waals surface area contributed by atoms with Crippen molar-refractivity contribution in [3.8, 4) is 0 Å². The summed E-state index contributed by atoms with van der Waals surface area (Å²) in [6.45, 7) is 3.92. The predicted octanol–water partition coefficient (Wildman–Crippen LogP) is 3.73. The number of carbonyl (C=O) groups excluding carboxylic acids is 2. The average molecular weight is 388 g/mol. The van der Waals surface area contributed by atoms with E-state index in [0.29, 0.717) is 9.47 Å². The van der Waals surface area contributed by atoms with Crippen LogP contribution in [0.25, 0.3) is 0 Å². The average Bonchev–Trinajstić information content (AvgIpc) is 3.28. The second-order valence-electron chi connectivity index (χ2n) is 5.46. The van der Waals surface area contributed by atoms with Crippen LogP contribution in [0.4, 0.5) is 10.8 Å². The van der Waals surface area contributed by atoms with Crippen LogP contribution in [-0.4, -0.2) is 27.8 Å². The van der Waals surface area contributed by atoms with Gasteiger partial charge < -0.3 is 9.73 Å². The molecule has 9 heteroatoms. The first-order valence-corrected chi connectivity index (χ1v) is 9.50. The summed E-state index contributed by atoms with van der Waals surface area (Å²) in [6.07, 6.45) is 1.42. The van der Waals surface area contributed by atoms with E-state index < -0.39 is 5.91 Å². The third-order valence-corrected chi connectivity index (χ3v) is 5.34. The lowest BCUT2D eigenvalue weighted by atomic mass is 10.1. The van der Waals surface area contributed by atoms with Gasteiger partial charge in [-0.05, 0) is 43.2 Å². The Morgan fingerprint density at radius 3 is 2.81 bits per heavy atom. The first-order chi connectivity index (χ1) is 12.5. The molecule has 26 heavy (non-hydrogen) atoms. The number of thioether (sulfide) groups is 1. The molecule has 134 valence electrons. The Kier molecular flexibility index (Phi) is 5.69. The van der Waals surface area contributed by atoms with E-state index in [1.165, 1.54) is 29.4 Å². The summed E-state index contributed by atoms with van der Waals surface area (Å²) in [5.41, 5.74) is 2.90. The summed E-state index contributed by atoms with van der Waals surface area (Å²) in [5.74, 6) is -0.119. The highest BCUT2D eigenvalue weighted by atomic mass is 32.2. The molecule has 0 atom stereocenters. The fourth-order valence-electron chi connectivity index (χ4n) is 2.07. The summed E-state index contributed by atoms with van der Waals surface area (Å²) in [5, 5.41) is 13.7. The van der Waals surface area contributed by atoms with Gasteiger partial charge in [-0.2, -0.15) is 0 Å². The zero-order valence-corrected chi connectivity index (χ0v) is 15.7. The van der Waals surface area contributed by atoms with Gasteiger partial charge in [-0.3, -0.25) is 14.9 Å². The van der Waals surface area contributed by atoms with E-state index in [-0.39, 0.29) is 17.4 Å². The highest BCUT2D eigenvalue weighted by molar-refractivity contribution is 8.01. The standard InChI is InChI=1S/C17H16N4O3S2/c1-10-5-6-11(2)12(8-10)18-14(22)9-25-17-21-20-16(26-17)19-15(23)13-4-3-7-24-13/h3-8H,9H2,1-2H3,(H,18,22)(H,19,20,23). The summed E-state index contributed by atoms with van der Waals surface area (Å²) in [6, 6.07) is 9.09. The number of carbonyl (C=O) groups is 2. The van der Waals surface area contributed by atoms with Crippen LogP contribution in [0.3, 0.4) is 0 Å². The second kappa shape index (κ2) is 8.15. The van der Waals surface area contributed by atoms with E-state index in [9.17, 15) is 9.59 Å². The van der Waals surface area contributed by atoms with Crippen molar-refractivity contribution in [2.45, 2.75) is 18.2 Å². The first kappa shape index (κ1) is 18.2. The van der Waals surface area contributed by atoms with E-state index in [2.05, 4.69) is 20.8 Å². The smallest absolute Gasteiger partial charge is 0.293 e. The second-order valence-corrected chi connectivity index (χ2v) is 7.66.